The first-order valence-electron chi connectivity index (χ1n) is 5.34. The van der Waals surface area contributed by atoms with Gasteiger partial charge in [0, 0.05) is 12.4 Å². The zero-order chi connectivity index (χ0) is 13.9. The summed E-state index contributed by atoms with van der Waals surface area (Å²) < 4.78 is 48.6. The van der Waals surface area contributed by atoms with E-state index in [1.165, 1.54) is 19.4 Å². The molecule has 0 spiro atoms. The SMILES string of the molecule is COc1ccccc1Oc1ccncc1C(F)(F)F. The molecule has 2 rings (SSSR count). The van der Waals surface area contributed by atoms with E-state index in [0.717, 1.165) is 12.3 Å². The third kappa shape index (κ3) is 2.96. The summed E-state index contributed by atoms with van der Waals surface area (Å²) in [5.41, 5.74) is -0.930. The second-order valence-electron chi connectivity index (χ2n) is 3.62. The molecule has 0 bridgehead atoms. The predicted octanol–water partition coefficient (Wildman–Crippen LogP) is 3.90. The van der Waals surface area contributed by atoms with E-state index in [9.17, 15) is 13.2 Å². The lowest BCUT2D eigenvalue weighted by Gasteiger charge is -2.14. The summed E-state index contributed by atoms with van der Waals surface area (Å²) in [7, 11) is 1.42. The number of hydrogen-bond acceptors (Lipinski definition) is 3. The minimum Gasteiger partial charge on any atom is -0.493 e. The van der Waals surface area contributed by atoms with Gasteiger partial charge in [-0.2, -0.15) is 13.2 Å². The van der Waals surface area contributed by atoms with Crippen LogP contribution in [0.25, 0.3) is 0 Å². The van der Waals surface area contributed by atoms with Crippen LogP contribution in [0.2, 0.25) is 0 Å². The van der Waals surface area contributed by atoms with Crippen LogP contribution in [-0.2, 0) is 6.18 Å². The molecule has 0 atom stereocenters. The van der Waals surface area contributed by atoms with E-state index in [0.29, 0.717) is 5.75 Å². The second kappa shape index (κ2) is 5.17. The van der Waals surface area contributed by atoms with E-state index in [2.05, 4.69) is 4.98 Å². The van der Waals surface area contributed by atoms with E-state index >= 15 is 0 Å². The summed E-state index contributed by atoms with van der Waals surface area (Å²) in [5.74, 6) is 0.251. The summed E-state index contributed by atoms with van der Waals surface area (Å²) in [6.07, 6.45) is -2.56. The molecule has 0 aliphatic heterocycles. The number of halogens is 3. The van der Waals surface area contributed by atoms with Gasteiger partial charge in [0.1, 0.15) is 11.3 Å². The predicted molar refractivity (Wildman–Crippen MR) is 62.3 cm³/mol. The van der Waals surface area contributed by atoms with Crippen LogP contribution in [0.4, 0.5) is 13.2 Å². The van der Waals surface area contributed by atoms with Crippen molar-refractivity contribution in [3.63, 3.8) is 0 Å². The average molecular weight is 269 g/mol. The van der Waals surface area contributed by atoms with Crippen molar-refractivity contribution in [3.8, 4) is 17.2 Å². The first-order chi connectivity index (χ1) is 9.02. The maximum Gasteiger partial charge on any atom is 0.421 e. The summed E-state index contributed by atoms with van der Waals surface area (Å²) in [5, 5.41) is 0. The van der Waals surface area contributed by atoms with Crippen LogP contribution in [0.5, 0.6) is 17.2 Å². The van der Waals surface area contributed by atoms with E-state index in [-0.39, 0.29) is 11.5 Å². The van der Waals surface area contributed by atoms with Crippen molar-refractivity contribution in [1.29, 1.82) is 0 Å². The Bertz CT molecular complexity index is 570. The maximum absolute atomic E-state index is 12.8. The number of rotatable bonds is 3. The Hall–Kier alpha value is -2.24. The molecule has 19 heavy (non-hydrogen) atoms. The first-order valence-corrected chi connectivity index (χ1v) is 5.34. The van der Waals surface area contributed by atoms with Gasteiger partial charge in [-0.3, -0.25) is 4.98 Å². The van der Waals surface area contributed by atoms with Gasteiger partial charge in [0.05, 0.1) is 7.11 Å². The molecule has 0 fully saturated rings. The molecule has 6 heteroatoms. The number of hydrogen-bond donors (Lipinski definition) is 0. The van der Waals surface area contributed by atoms with Gasteiger partial charge in [0.15, 0.2) is 11.5 Å². The highest BCUT2D eigenvalue weighted by atomic mass is 19.4. The van der Waals surface area contributed by atoms with Crippen molar-refractivity contribution < 1.29 is 22.6 Å². The van der Waals surface area contributed by atoms with Gasteiger partial charge in [0.25, 0.3) is 0 Å². The molecule has 0 amide bonds. The standard InChI is InChI=1S/C13H10F3NO2/c1-18-11-4-2-3-5-12(11)19-10-6-7-17-8-9(10)13(14,15)16/h2-8H,1H3. The molecular weight excluding hydrogens is 259 g/mol. The number of alkyl halides is 3. The number of ether oxygens (including phenoxy) is 2. The topological polar surface area (TPSA) is 31.4 Å². The lowest BCUT2D eigenvalue weighted by molar-refractivity contribution is -0.138. The Balaban J connectivity index is 2.39. The van der Waals surface area contributed by atoms with Crippen molar-refractivity contribution >= 4 is 0 Å². The largest absolute Gasteiger partial charge is 0.493 e. The average Bonchev–Trinajstić information content (AvgIpc) is 2.39. The lowest BCUT2D eigenvalue weighted by atomic mass is 10.2. The third-order valence-corrected chi connectivity index (χ3v) is 2.38. The Labute approximate surface area is 107 Å². The van der Waals surface area contributed by atoms with Crippen LogP contribution in [-0.4, -0.2) is 12.1 Å². The van der Waals surface area contributed by atoms with Crippen molar-refractivity contribution in [1.82, 2.24) is 4.98 Å². The van der Waals surface area contributed by atoms with Gasteiger partial charge in [-0.1, -0.05) is 12.1 Å². The van der Waals surface area contributed by atoms with Crippen LogP contribution in [0.15, 0.2) is 42.7 Å². The van der Waals surface area contributed by atoms with E-state index in [1.807, 2.05) is 0 Å². The van der Waals surface area contributed by atoms with Crippen molar-refractivity contribution in [3.05, 3.63) is 48.3 Å². The highest BCUT2D eigenvalue weighted by molar-refractivity contribution is 5.44. The fourth-order valence-corrected chi connectivity index (χ4v) is 1.51. The summed E-state index contributed by atoms with van der Waals surface area (Å²) in [4.78, 5) is 3.46. The fraction of sp³-hybridized carbons (Fsp3) is 0.154. The molecule has 0 N–H and O–H groups in total. The van der Waals surface area contributed by atoms with Crippen molar-refractivity contribution in [2.75, 3.05) is 7.11 Å². The summed E-state index contributed by atoms with van der Waals surface area (Å²) in [6, 6.07) is 7.63. The van der Waals surface area contributed by atoms with Crippen LogP contribution in [0.1, 0.15) is 5.56 Å². The molecule has 0 saturated carbocycles. The zero-order valence-electron chi connectivity index (χ0n) is 9.94. The van der Waals surface area contributed by atoms with Crippen LogP contribution >= 0.6 is 0 Å². The minimum absolute atomic E-state index is 0.210. The fourth-order valence-electron chi connectivity index (χ4n) is 1.51. The number of pyridine rings is 1. The quantitative estimate of drug-likeness (QED) is 0.846. The van der Waals surface area contributed by atoms with Gasteiger partial charge in [-0.05, 0) is 18.2 Å². The number of aromatic nitrogens is 1. The number of methoxy groups -OCH3 is 1. The van der Waals surface area contributed by atoms with Crippen LogP contribution in [0.3, 0.4) is 0 Å². The van der Waals surface area contributed by atoms with Crippen LogP contribution < -0.4 is 9.47 Å². The molecule has 3 nitrogen and oxygen atoms in total. The molecule has 100 valence electrons. The van der Waals surface area contributed by atoms with Gasteiger partial charge < -0.3 is 9.47 Å². The minimum atomic E-state index is -4.52. The molecule has 1 heterocycles. The number of benzene rings is 1. The van der Waals surface area contributed by atoms with Crippen molar-refractivity contribution in [2.45, 2.75) is 6.18 Å². The van der Waals surface area contributed by atoms with Gasteiger partial charge >= 0.3 is 6.18 Å². The molecule has 0 radical (unpaired) electrons. The third-order valence-electron chi connectivity index (χ3n) is 2.38. The Morgan fingerprint density at radius 2 is 1.68 bits per heavy atom. The number of nitrogens with zero attached hydrogens (tertiary/aromatic N) is 1. The molecule has 0 aliphatic carbocycles. The number of para-hydroxylation sites is 2. The van der Waals surface area contributed by atoms with E-state index in [4.69, 9.17) is 9.47 Å². The summed E-state index contributed by atoms with van der Waals surface area (Å²) >= 11 is 0. The van der Waals surface area contributed by atoms with E-state index in [1.54, 1.807) is 18.2 Å². The van der Waals surface area contributed by atoms with Gasteiger partial charge in [-0.25, -0.2) is 0 Å². The van der Waals surface area contributed by atoms with Crippen molar-refractivity contribution in [2.24, 2.45) is 0 Å². The molecule has 0 aliphatic rings. The Morgan fingerprint density at radius 3 is 2.32 bits per heavy atom. The Morgan fingerprint density at radius 1 is 1.00 bits per heavy atom. The van der Waals surface area contributed by atoms with Crippen LogP contribution in [0, 0.1) is 0 Å². The molecule has 0 unspecified atom stereocenters. The Kier molecular flexibility index (Phi) is 3.59. The highest BCUT2D eigenvalue weighted by Crippen LogP contribution is 2.39. The summed E-state index contributed by atoms with van der Waals surface area (Å²) in [6.45, 7) is 0. The zero-order valence-corrected chi connectivity index (χ0v) is 9.94. The lowest BCUT2D eigenvalue weighted by Crippen LogP contribution is -2.07. The molecule has 2 aromatic rings. The molecular formula is C13H10F3NO2. The molecule has 0 saturated heterocycles. The molecule has 1 aromatic carbocycles. The normalized spacial score (nSPS) is 11.2. The maximum atomic E-state index is 12.8. The van der Waals surface area contributed by atoms with Gasteiger partial charge in [0.2, 0.25) is 0 Å². The monoisotopic (exact) mass is 269 g/mol. The first kappa shape index (κ1) is 13.2. The van der Waals surface area contributed by atoms with Gasteiger partial charge in [-0.15, -0.1) is 0 Å². The highest BCUT2D eigenvalue weighted by Gasteiger charge is 2.35. The molecule has 1 aromatic heterocycles. The second-order valence-corrected chi connectivity index (χ2v) is 3.62. The smallest absolute Gasteiger partial charge is 0.421 e. The van der Waals surface area contributed by atoms with E-state index < -0.39 is 11.7 Å².